The minimum Gasteiger partial charge on any atom is -0.496 e. The quantitative estimate of drug-likeness (QED) is 0.405. The fraction of sp³-hybridized carbons (Fsp3) is 0.208. The van der Waals surface area contributed by atoms with Crippen LogP contribution in [-0.4, -0.2) is 34.6 Å². The maximum atomic E-state index is 12.7. The van der Waals surface area contributed by atoms with Crippen molar-refractivity contribution in [1.29, 1.82) is 0 Å². The van der Waals surface area contributed by atoms with Crippen LogP contribution in [0.25, 0.3) is 0 Å². The molecule has 8 nitrogen and oxygen atoms in total. The van der Waals surface area contributed by atoms with Gasteiger partial charge in [-0.3, -0.25) is 9.52 Å². The number of carbonyl (C=O) groups excluding carboxylic acids is 1. The summed E-state index contributed by atoms with van der Waals surface area (Å²) in [7, 11) is -2.32. The Hall–Kier alpha value is -3.43. The fourth-order valence-electron chi connectivity index (χ4n) is 3.00. The molecule has 10 heteroatoms. The largest absolute Gasteiger partial charge is 0.496 e. The molecule has 0 aliphatic carbocycles. The molecule has 1 amide bonds. The van der Waals surface area contributed by atoms with Gasteiger partial charge in [-0.2, -0.15) is 0 Å². The van der Waals surface area contributed by atoms with Gasteiger partial charge in [-0.05, 0) is 55.5 Å². The molecule has 0 atom stereocenters. The SMILES string of the molecule is CCOc1ccc(NS(=O)(=O)c2ccc(OCC(=O)NCc3ccccc3OC)c(Cl)c2)cc1. The van der Waals surface area contributed by atoms with Crippen molar-refractivity contribution in [1.82, 2.24) is 5.32 Å². The molecule has 0 aliphatic heterocycles. The van der Waals surface area contributed by atoms with E-state index in [0.29, 0.717) is 23.8 Å². The average molecular weight is 505 g/mol. The van der Waals surface area contributed by atoms with Crippen LogP contribution in [0.15, 0.2) is 71.6 Å². The first-order chi connectivity index (χ1) is 16.3. The third-order valence-electron chi connectivity index (χ3n) is 4.66. The number of halogens is 1. The third-order valence-corrected chi connectivity index (χ3v) is 6.33. The number of rotatable bonds is 11. The van der Waals surface area contributed by atoms with E-state index in [9.17, 15) is 13.2 Å². The number of carbonyl (C=O) groups is 1. The molecule has 0 saturated heterocycles. The summed E-state index contributed by atoms with van der Waals surface area (Å²) in [6.07, 6.45) is 0. The molecule has 34 heavy (non-hydrogen) atoms. The third kappa shape index (κ3) is 6.79. The van der Waals surface area contributed by atoms with Crippen molar-refractivity contribution >= 4 is 33.2 Å². The van der Waals surface area contributed by atoms with Crippen LogP contribution >= 0.6 is 11.6 Å². The first-order valence-corrected chi connectivity index (χ1v) is 12.2. The van der Waals surface area contributed by atoms with Gasteiger partial charge >= 0.3 is 0 Å². The van der Waals surface area contributed by atoms with E-state index in [0.717, 1.165) is 5.56 Å². The first kappa shape index (κ1) is 25.2. The standard InChI is InChI=1S/C24H25ClN2O6S/c1-3-32-19-10-8-18(9-11-19)27-34(29,30)20-12-13-23(21(25)14-20)33-16-24(28)26-15-17-6-4-5-7-22(17)31-2/h4-14,27H,3,15-16H2,1-2H3,(H,26,28). The number of hydrogen-bond donors (Lipinski definition) is 2. The number of nitrogens with one attached hydrogen (secondary N) is 2. The van der Waals surface area contributed by atoms with Crippen LogP contribution in [0.2, 0.25) is 5.02 Å². The molecule has 2 N–H and O–H groups in total. The maximum Gasteiger partial charge on any atom is 0.261 e. The van der Waals surface area contributed by atoms with Crippen LogP contribution < -0.4 is 24.2 Å². The van der Waals surface area contributed by atoms with Crippen LogP contribution in [0.5, 0.6) is 17.2 Å². The molecular formula is C24H25ClN2O6S. The summed E-state index contributed by atoms with van der Waals surface area (Å²) < 4.78 is 43.9. The van der Waals surface area contributed by atoms with Crippen LogP contribution in [-0.2, 0) is 21.4 Å². The lowest BCUT2D eigenvalue weighted by atomic mass is 10.2. The highest BCUT2D eigenvalue weighted by Gasteiger charge is 2.17. The number of anilines is 1. The zero-order chi connectivity index (χ0) is 24.6. The summed E-state index contributed by atoms with van der Waals surface area (Å²) in [5.41, 5.74) is 1.21. The number of ether oxygens (including phenoxy) is 3. The Morgan fingerprint density at radius 1 is 0.971 bits per heavy atom. The fourth-order valence-corrected chi connectivity index (χ4v) is 4.39. The Balaban J connectivity index is 1.58. The van der Waals surface area contributed by atoms with E-state index in [1.54, 1.807) is 37.4 Å². The second kappa shape index (κ2) is 11.6. The summed E-state index contributed by atoms with van der Waals surface area (Å²) >= 11 is 6.21. The Morgan fingerprint density at radius 2 is 1.71 bits per heavy atom. The number of methoxy groups -OCH3 is 1. The summed E-state index contributed by atoms with van der Waals surface area (Å²) in [4.78, 5) is 12.1. The Kier molecular flexibility index (Phi) is 8.61. The van der Waals surface area contributed by atoms with E-state index < -0.39 is 10.0 Å². The van der Waals surface area contributed by atoms with E-state index >= 15 is 0 Å². The van der Waals surface area contributed by atoms with Crippen molar-refractivity contribution in [2.45, 2.75) is 18.4 Å². The van der Waals surface area contributed by atoms with Crippen molar-refractivity contribution in [3.05, 3.63) is 77.3 Å². The predicted octanol–water partition coefficient (Wildman–Crippen LogP) is 4.24. The molecule has 0 fully saturated rings. The van der Waals surface area contributed by atoms with Crippen LogP contribution in [0.3, 0.4) is 0 Å². The van der Waals surface area contributed by atoms with Gasteiger partial charge in [-0.15, -0.1) is 0 Å². The van der Waals surface area contributed by atoms with Gasteiger partial charge < -0.3 is 19.5 Å². The van der Waals surface area contributed by atoms with Gasteiger partial charge in [0.1, 0.15) is 17.2 Å². The summed E-state index contributed by atoms with van der Waals surface area (Å²) in [5.74, 6) is 1.13. The normalized spacial score (nSPS) is 10.9. The van der Waals surface area contributed by atoms with Crippen molar-refractivity contribution in [2.24, 2.45) is 0 Å². The van der Waals surface area contributed by atoms with Gasteiger partial charge in [-0.25, -0.2) is 8.42 Å². The van der Waals surface area contributed by atoms with Crippen LogP contribution in [0.1, 0.15) is 12.5 Å². The molecule has 0 aliphatic rings. The number of hydrogen-bond acceptors (Lipinski definition) is 6. The van der Waals surface area contributed by atoms with E-state index in [4.69, 9.17) is 25.8 Å². The van der Waals surface area contributed by atoms with Crippen molar-refractivity contribution in [3.63, 3.8) is 0 Å². The van der Waals surface area contributed by atoms with Gasteiger partial charge in [-0.1, -0.05) is 29.8 Å². The Morgan fingerprint density at radius 3 is 2.38 bits per heavy atom. The molecule has 0 aromatic heterocycles. The Labute approximate surface area is 203 Å². The number of sulfonamides is 1. The molecule has 0 heterocycles. The maximum absolute atomic E-state index is 12.7. The molecule has 3 rings (SSSR count). The molecule has 0 bridgehead atoms. The highest BCUT2D eigenvalue weighted by molar-refractivity contribution is 7.92. The zero-order valence-electron chi connectivity index (χ0n) is 18.7. The van der Waals surface area contributed by atoms with Crippen LogP contribution in [0, 0.1) is 0 Å². The number of amides is 1. The van der Waals surface area contributed by atoms with Gasteiger partial charge in [0, 0.05) is 17.8 Å². The summed E-state index contributed by atoms with van der Waals surface area (Å²) in [6.45, 7) is 2.36. The van der Waals surface area contributed by atoms with Crippen molar-refractivity contribution in [2.75, 3.05) is 25.0 Å². The van der Waals surface area contributed by atoms with E-state index in [2.05, 4.69) is 10.0 Å². The van der Waals surface area contributed by atoms with Gasteiger partial charge in [0.05, 0.1) is 23.6 Å². The highest BCUT2D eigenvalue weighted by atomic mass is 35.5. The molecule has 0 spiro atoms. The lowest BCUT2D eigenvalue weighted by Gasteiger charge is -2.12. The minimum absolute atomic E-state index is 0.0423. The Bertz CT molecular complexity index is 1230. The second-order valence-corrected chi connectivity index (χ2v) is 9.12. The topological polar surface area (TPSA) is 103 Å². The molecule has 0 saturated carbocycles. The predicted molar refractivity (Wildman–Crippen MR) is 130 cm³/mol. The highest BCUT2D eigenvalue weighted by Crippen LogP contribution is 2.28. The zero-order valence-corrected chi connectivity index (χ0v) is 20.3. The molecule has 0 radical (unpaired) electrons. The number of para-hydroxylation sites is 1. The lowest BCUT2D eigenvalue weighted by Crippen LogP contribution is -2.28. The molecule has 3 aromatic carbocycles. The summed E-state index contributed by atoms with van der Waals surface area (Å²) in [6, 6.07) is 17.9. The van der Waals surface area contributed by atoms with Gasteiger partial charge in [0.25, 0.3) is 15.9 Å². The number of benzene rings is 3. The monoisotopic (exact) mass is 504 g/mol. The average Bonchev–Trinajstić information content (AvgIpc) is 2.83. The smallest absolute Gasteiger partial charge is 0.261 e. The molecular weight excluding hydrogens is 480 g/mol. The lowest BCUT2D eigenvalue weighted by molar-refractivity contribution is -0.123. The molecule has 3 aromatic rings. The van der Waals surface area contributed by atoms with Gasteiger partial charge in [0.2, 0.25) is 0 Å². The van der Waals surface area contributed by atoms with Gasteiger partial charge in [0.15, 0.2) is 6.61 Å². The summed E-state index contributed by atoms with van der Waals surface area (Å²) in [5, 5.41) is 2.80. The first-order valence-electron chi connectivity index (χ1n) is 10.4. The molecule has 180 valence electrons. The molecule has 0 unspecified atom stereocenters. The van der Waals surface area contributed by atoms with Crippen molar-refractivity contribution in [3.8, 4) is 17.2 Å². The van der Waals surface area contributed by atoms with E-state index in [-0.39, 0.29) is 34.7 Å². The second-order valence-electron chi connectivity index (χ2n) is 7.03. The van der Waals surface area contributed by atoms with Crippen molar-refractivity contribution < 1.29 is 27.4 Å². The van der Waals surface area contributed by atoms with E-state index in [1.807, 2.05) is 25.1 Å². The van der Waals surface area contributed by atoms with E-state index in [1.165, 1.54) is 18.2 Å². The van der Waals surface area contributed by atoms with Crippen LogP contribution in [0.4, 0.5) is 5.69 Å². The minimum atomic E-state index is -3.88.